The first-order valence-corrected chi connectivity index (χ1v) is 11.4. The number of barbiturate groups is 2. The number of hydrogen-bond acceptors (Lipinski definition) is 8. The molecular formula is C27H18N4O9. The maximum atomic E-state index is 12.9. The number of rotatable bonds is 7. The predicted molar refractivity (Wildman–Crippen MR) is 137 cm³/mol. The molecule has 2 aliphatic rings. The molecule has 4 rings (SSSR count). The van der Waals surface area contributed by atoms with Crippen molar-refractivity contribution in [2.45, 2.75) is 0 Å². The van der Waals surface area contributed by atoms with Crippen LogP contribution in [0.4, 0.5) is 21.0 Å². The van der Waals surface area contributed by atoms with Crippen molar-refractivity contribution in [3.63, 3.8) is 0 Å². The zero-order chi connectivity index (χ0) is 29.0. The summed E-state index contributed by atoms with van der Waals surface area (Å²) in [6.45, 7) is 0. The first kappa shape index (κ1) is 27.1. The number of anilines is 2. The van der Waals surface area contributed by atoms with Gasteiger partial charge in [-0.15, -0.1) is 0 Å². The summed E-state index contributed by atoms with van der Waals surface area (Å²) in [6, 6.07) is 8.48. The van der Waals surface area contributed by atoms with Crippen molar-refractivity contribution >= 4 is 59.3 Å². The van der Waals surface area contributed by atoms with Crippen molar-refractivity contribution in [2.75, 3.05) is 9.80 Å². The molecule has 2 fully saturated rings. The van der Waals surface area contributed by atoms with Gasteiger partial charge in [0.1, 0.15) is 17.8 Å². The Kier molecular flexibility index (Phi) is 7.57. The highest BCUT2D eigenvalue weighted by atomic mass is 16.4. The minimum atomic E-state index is -1.37. The summed E-state index contributed by atoms with van der Waals surface area (Å²) in [6.07, 6.45) is 6.78. The van der Waals surface area contributed by atoms with Gasteiger partial charge in [0, 0.05) is 5.56 Å². The van der Waals surface area contributed by atoms with Gasteiger partial charge in [-0.05, 0) is 54.6 Å². The van der Waals surface area contributed by atoms with E-state index in [1.165, 1.54) is 72.8 Å². The molecule has 1 unspecified atom stereocenters. The number of nitrogens with one attached hydrogen (secondary N) is 2. The molecule has 0 spiro atoms. The smallest absolute Gasteiger partial charge is 0.335 e. The zero-order valence-electron chi connectivity index (χ0n) is 20.3. The van der Waals surface area contributed by atoms with Gasteiger partial charge in [0.25, 0.3) is 17.7 Å². The fourth-order valence-corrected chi connectivity index (χ4v) is 3.76. The Labute approximate surface area is 225 Å². The second-order valence-electron chi connectivity index (χ2n) is 8.26. The van der Waals surface area contributed by atoms with Crippen LogP contribution in [-0.4, -0.2) is 53.1 Å². The van der Waals surface area contributed by atoms with E-state index in [1.807, 2.05) is 5.32 Å². The summed E-state index contributed by atoms with van der Waals surface area (Å²) in [5.74, 6) is -6.18. The van der Waals surface area contributed by atoms with Gasteiger partial charge >= 0.3 is 18.0 Å². The highest BCUT2D eigenvalue weighted by molar-refractivity contribution is 6.37. The molecule has 2 aromatic carbocycles. The Hall–Kier alpha value is -5.98. The molecule has 13 nitrogen and oxygen atoms in total. The molecule has 2 aromatic rings. The van der Waals surface area contributed by atoms with E-state index in [0.29, 0.717) is 16.7 Å². The summed E-state index contributed by atoms with van der Waals surface area (Å²) in [7, 11) is 0. The normalized spacial score (nSPS) is 19.0. The van der Waals surface area contributed by atoms with Crippen LogP contribution in [0.1, 0.15) is 20.7 Å². The number of nitrogens with zero attached hydrogens (tertiary/aromatic N) is 2. The quantitative estimate of drug-likeness (QED) is 0.154. The van der Waals surface area contributed by atoms with Crippen LogP contribution in [-0.2, 0) is 19.2 Å². The first-order chi connectivity index (χ1) is 19.1. The average Bonchev–Trinajstić information content (AvgIpc) is 2.92. The number of allylic oxidation sites excluding steroid dienone is 4. The third kappa shape index (κ3) is 5.33. The number of benzene rings is 2. The fourth-order valence-electron chi connectivity index (χ4n) is 3.76. The van der Waals surface area contributed by atoms with Crippen LogP contribution in [0.2, 0.25) is 0 Å². The Morgan fingerprint density at radius 3 is 2.00 bits per heavy atom. The Bertz CT molecular complexity index is 1550. The molecule has 0 saturated carbocycles. The maximum absolute atomic E-state index is 12.9. The first-order valence-electron chi connectivity index (χ1n) is 11.4. The molecule has 8 amide bonds. The van der Waals surface area contributed by atoms with Crippen LogP contribution < -0.4 is 20.4 Å². The van der Waals surface area contributed by atoms with Crippen molar-refractivity contribution in [1.82, 2.24) is 10.6 Å². The van der Waals surface area contributed by atoms with Gasteiger partial charge < -0.3 is 5.11 Å². The molecule has 1 atom stereocenters. The molecule has 0 radical (unpaired) electrons. The number of carboxylic acids is 1. The molecule has 2 heterocycles. The van der Waals surface area contributed by atoms with E-state index in [2.05, 4.69) is 5.32 Å². The van der Waals surface area contributed by atoms with Crippen LogP contribution in [0.3, 0.4) is 0 Å². The third-order valence-corrected chi connectivity index (χ3v) is 5.75. The number of imide groups is 4. The topological polar surface area (TPSA) is 187 Å². The summed E-state index contributed by atoms with van der Waals surface area (Å²) in [4.78, 5) is 98.1. The van der Waals surface area contributed by atoms with Crippen molar-refractivity contribution < 1.29 is 43.5 Å². The van der Waals surface area contributed by atoms with Gasteiger partial charge in [0.2, 0.25) is 5.91 Å². The summed E-state index contributed by atoms with van der Waals surface area (Å²) in [5.41, 5.74) is 0.0422. The highest BCUT2D eigenvalue weighted by Crippen LogP contribution is 2.23. The van der Waals surface area contributed by atoms with Gasteiger partial charge in [0.05, 0.1) is 16.9 Å². The molecule has 3 N–H and O–H groups in total. The summed E-state index contributed by atoms with van der Waals surface area (Å²) >= 11 is 0. The number of carbonyl (C=O) groups is 8. The molecule has 2 saturated heterocycles. The second kappa shape index (κ2) is 11.2. The molecule has 0 bridgehead atoms. The second-order valence-corrected chi connectivity index (χ2v) is 8.26. The molecule has 0 aromatic heterocycles. The number of urea groups is 2. The number of amides is 8. The molecule has 2 aliphatic heterocycles. The number of hydrogen-bond donors (Lipinski definition) is 3. The number of aldehydes is 1. The van der Waals surface area contributed by atoms with Crippen LogP contribution >= 0.6 is 0 Å². The molecule has 0 aliphatic carbocycles. The van der Waals surface area contributed by atoms with E-state index in [0.717, 1.165) is 11.0 Å². The Morgan fingerprint density at radius 1 is 0.775 bits per heavy atom. The highest BCUT2D eigenvalue weighted by Gasteiger charge is 2.40. The van der Waals surface area contributed by atoms with Crippen LogP contribution in [0.25, 0.3) is 0 Å². The molecular weight excluding hydrogens is 524 g/mol. The fraction of sp³-hybridized carbons (Fsp3) is 0.0370. The lowest BCUT2D eigenvalue weighted by molar-refractivity contribution is -0.132. The predicted octanol–water partition coefficient (Wildman–Crippen LogP) is 1.72. The van der Waals surface area contributed by atoms with E-state index in [9.17, 15) is 38.4 Å². The standard InChI is InChI=1S/C27H18N4O9/c32-14-15-6-10-17(11-7-15)30-23(35)19(21(33)28-26(30)39)4-2-1-3-5-20-22(34)29-27(40)31(24(20)36)18-12-8-16(9-13-18)25(37)38/h1-14,19H,(H,37,38)(H,28,33,39)(H,29,34,40)/b3-1+,4-2+,20-5-. The van der Waals surface area contributed by atoms with Gasteiger partial charge in [-0.3, -0.25) is 34.6 Å². The van der Waals surface area contributed by atoms with Crippen molar-refractivity contribution in [1.29, 1.82) is 0 Å². The Morgan fingerprint density at radius 2 is 1.38 bits per heavy atom. The zero-order valence-corrected chi connectivity index (χ0v) is 20.3. The number of aromatic carboxylic acids is 1. The summed E-state index contributed by atoms with van der Waals surface area (Å²) < 4.78 is 0. The molecule has 13 heteroatoms. The van der Waals surface area contributed by atoms with Crippen LogP contribution in [0.5, 0.6) is 0 Å². The largest absolute Gasteiger partial charge is 0.478 e. The van der Waals surface area contributed by atoms with Crippen LogP contribution in [0.15, 0.2) is 84.5 Å². The van der Waals surface area contributed by atoms with E-state index < -0.39 is 53.2 Å². The minimum Gasteiger partial charge on any atom is -0.478 e. The number of carbonyl (C=O) groups excluding carboxylic acids is 7. The van der Waals surface area contributed by atoms with Crippen LogP contribution in [0, 0.1) is 5.92 Å². The minimum absolute atomic E-state index is 0.0384. The van der Waals surface area contributed by atoms with E-state index >= 15 is 0 Å². The van der Waals surface area contributed by atoms with Crippen molar-refractivity contribution in [2.24, 2.45) is 5.92 Å². The van der Waals surface area contributed by atoms with Gasteiger partial charge in [-0.2, -0.15) is 0 Å². The van der Waals surface area contributed by atoms with Gasteiger partial charge in [0.15, 0.2) is 0 Å². The molecule has 40 heavy (non-hydrogen) atoms. The van der Waals surface area contributed by atoms with Crippen molar-refractivity contribution in [3.05, 3.63) is 95.6 Å². The lowest BCUT2D eigenvalue weighted by Gasteiger charge is -2.28. The lowest BCUT2D eigenvalue weighted by Crippen LogP contribution is -2.57. The van der Waals surface area contributed by atoms with Gasteiger partial charge in [-0.1, -0.05) is 24.3 Å². The molecule has 200 valence electrons. The van der Waals surface area contributed by atoms with E-state index in [4.69, 9.17) is 5.11 Å². The maximum Gasteiger partial charge on any atom is 0.335 e. The van der Waals surface area contributed by atoms with Gasteiger partial charge in [-0.25, -0.2) is 24.2 Å². The van der Waals surface area contributed by atoms with E-state index in [-0.39, 0.29) is 16.9 Å². The average molecular weight is 542 g/mol. The summed E-state index contributed by atoms with van der Waals surface area (Å²) in [5, 5.41) is 13.1. The third-order valence-electron chi connectivity index (χ3n) is 5.75. The monoisotopic (exact) mass is 542 g/mol. The van der Waals surface area contributed by atoms with Crippen molar-refractivity contribution in [3.8, 4) is 0 Å². The lowest BCUT2D eigenvalue weighted by atomic mass is 10.0. The SMILES string of the molecule is O=Cc1ccc(N2C(=O)NC(=O)C(/C=C/C=C/C=C3/C(=O)NC(=O)N(c4ccc(C(=O)O)cc4)C3=O)C2=O)cc1. The Balaban J connectivity index is 1.49. The van der Waals surface area contributed by atoms with E-state index in [1.54, 1.807) is 0 Å². The number of carboxylic acid groups (broad SMARTS) is 1.